The summed E-state index contributed by atoms with van der Waals surface area (Å²) in [5.41, 5.74) is 0.490. The molecule has 0 aliphatic carbocycles. The number of nitrogens with one attached hydrogen (secondary N) is 1. The summed E-state index contributed by atoms with van der Waals surface area (Å²) in [6, 6.07) is 6.98. The fraction of sp³-hybridized carbons (Fsp3) is 0.167. The molecule has 0 spiro atoms. The quantitative estimate of drug-likeness (QED) is 0.666. The van der Waals surface area contributed by atoms with Gasteiger partial charge in [-0.2, -0.15) is 5.10 Å². The van der Waals surface area contributed by atoms with E-state index in [9.17, 15) is 14.9 Å². The average molecular weight is 339 g/mol. The van der Waals surface area contributed by atoms with Crippen LogP contribution in [0.1, 0.15) is 10.4 Å². The minimum absolute atomic E-state index is 0.0655. The minimum atomic E-state index is -0.510. The summed E-state index contributed by atoms with van der Waals surface area (Å²) in [5.74, 6) is -0.195. The largest absolute Gasteiger partial charge is 0.350 e. The van der Waals surface area contributed by atoms with Crippen molar-refractivity contribution < 1.29 is 9.72 Å². The normalized spacial score (nSPS) is 10.2. The van der Waals surface area contributed by atoms with Crippen LogP contribution in [0.25, 0.3) is 0 Å². The Kier molecular flexibility index (Phi) is 4.46. The van der Waals surface area contributed by atoms with Gasteiger partial charge in [0, 0.05) is 16.6 Å². The zero-order chi connectivity index (χ0) is 14.5. The third kappa shape index (κ3) is 3.64. The fourth-order valence-electron chi connectivity index (χ4n) is 1.56. The summed E-state index contributed by atoms with van der Waals surface area (Å²) in [5, 5.41) is 17.0. The van der Waals surface area contributed by atoms with Crippen molar-refractivity contribution in [2.45, 2.75) is 6.54 Å². The second-order valence-electron chi connectivity index (χ2n) is 3.98. The maximum atomic E-state index is 11.8. The van der Waals surface area contributed by atoms with Crippen molar-refractivity contribution in [1.82, 2.24) is 15.1 Å². The molecule has 8 heteroatoms. The van der Waals surface area contributed by atoms with E-state index in [0.717, 1.165) is 4.47 Å². The molecule has 0 unspecified atom stereocenters. The van der Waals surface area contributed by atoms with Crippen molar-refractivity contribution in [1.29, 1.82) is 0 Å². The van der Waals surface area contributed by atoms with Gasteiger partial charge in [0.05, 0.1) is 11.5 Å². The van der Waals surface area contributed by atoms with E-state index in [1.165, 1.54) is 17.1 Å². The first kappa shape index (κ1) is 14.2. The number of aromatic nitrogens is 2. The molecule has 1 N–H and O–H groups in total. The van der Waals surface area contributed by atoms with E-state index < -0.39 is 4.92 Å². The highest BCUT2D eigenvalue weighted by atomic mass is 79.9. The van der Waals surface area contributed by atoms with Crippen molar-refractivity contribution in [2.24, 2.45) is 0 Å². The molecule has 20 heavy (non-hydrogen) atoms. The van der Waals surface area contributed by atoms with E-state index in [0.29, 0.717) is 18.7 Å². The molecule has 2 rings (SSSR count). The lowest BCUT2D eigenvalue weighted by Crippen LogP contribution is -2.27. The number of hydrogen-bond acceptors (Lipinski definition) is 4. The van der Waals surface area contributed by atoms with Gasteiger partial charge in [-0.05, 0) is 24.3 Å². The van der Waals surface area contributed by atoms with Crippen LogP contribution < -0.4 is 5.32 Å². The maximum Gasteiger partial charge on any atom is 0.306 e. The fourth-order valence-corrected chi connectivity index (χ4v) is 1.82. The first-order valence-corrected chi connectivity index (χ1v) is 6.56. The van der Waals surface area contributed by atoms with Gasteiger partial charge < -0.3 is 5.32 Å². The van der Waals surface area contributed by atoms with E-state index in [1.807, 2.05) is 0 Å². The van der Waals surface area contributed by atoms with Crippen LogP contribution in [0.15, 0.2) is 41.1 Å². The SMILES string of the molecule is O=C(NCCn1cc([N+](=O)[O-])cn1)c1ccc(Br)cc1. The summed E-state index contributed by atoms with van der Waals surface area (Å²) in [6.45, 7) is 0.712. The molecule has 0 atom stereocenters. The van der Waals surface area contributed by atoms with E-state index >= 15 is 0 Å². The highest BCUT2D eigenvalue weighted by Gasteiger charge is 2.09. The summed E-state index contributed by atoms with van der Waals surface area (Å²) in [7, 11) is 0. The van der Waals surface area contributed by atoms with Crippen molar-refractivity contribution in [3.05, 3.63) is 56.8 Å². The number of amides is 1. The van der Waals surface area contributed by atoms with Gasteiger partial charge >= 0.3 is 5.69 Å². The molecule has 0 radical (unpaired) electrons. The Morgan fingerprint density at radius 1 is 1.40 bits per heavy atom. The molecule has 1 aromatic carbocycles. The van der Waals surface area contributed by atoms with Gasteiger partial charge in [-0.1, -0.05) is 15.9 Å². The number of carbonyl (C=O) groups excluding carboxylic acids is 1. The van der Waals surface area contributed by atoms with Gasteiger partial charge in [0.2, 0.25) is 0 Å². The molecule has 0 saturated carbocycles. The molecule has 1 aromatic heterocycles. The van der Waals surface area contributed by atoms with Crippen molar-refractivity contribution in [3.8, 4) is 0 Å². The first-order valence-electron chi connectivity index (χ1n) is 5.77. The summed E-state index contributed by atoms with van der Waals surface area (Å²) in [4.78, 5) is 21.8. The molecule has 7 nitrogen and oxygen atoms in total. The molecule has 0 bridgehead atoms. The van der Waals surface area contributed by atoms with Crippen LogP contribution in [0.4, 0.5) is 5.69 Å². The zero-order valence-electron chi connectivity index (χ0n) is 10.3. The highest BCUT2D eigenvalue weighted by molar-refractivity contribution is 9.10. The number of hydrogen-bond donors (Lipinski definition) is 1. The Balaban J connectivity index is 1.84. The lowest BCUT2D eigenvalue weighted by Gasteiger charge is -2.05. The van der Waals surface area contributed by atoms with Gasteiger partial charge in [0.25, 0.3) is 5.91 Å². The number of nitro groups is 1. The number of halogens is 1. The molecule has 1 amide bonds. The van der Waals surface area contributed by atoms with Crippen LogP contribution in [0.2, 0.25) is 0 Å². The standard InChI is InChI=1S/C12H11BrN4O3/c13-10-3-1-9(2-4-10)12(18)14-5-6-16-8-11(7-15-16)17(19)20/h1-4,7-8H,5-6H2,(H,14,18). The average Bonchev–Trinajstić information content (AvgIpc) is 2.88. The number of carbonyl (C=O) groups is 1. The lowest BCUT2D eigenvalue weighted by molar-refractivity contribution is -0.385. The molecule has 2 aromatic rings. The topological polar surface area (TPSA) is 90.1 Å². The Morgan fingerprint density at radius 2 is 2.10 bits per heavy atom. The molecule has 0 aliphatic rings. The number of benzene rings is 1. The van der Waals surface area contributed by atoms with Crippen LogP contribution in [-0.4, -0.2) is 27.2 Å². The molecular weight excluding hydrogens is 328 g/mol. The zero-order valence-corrected chi connectivity index (χ0v) is 11.9. The van der Waals surface area contributed by atoms with Crippen LogP contribution >= 0.6 is 15.9 Å². The summed E-state index contributed by atoms with van der Waals surface area (Å²) in [6.07, 6.45) is 2.50. The summed E-state index contributed by atoms with van der Waals surface area (Å²) < 4.78 is 2.32. The number of nitrogens with zero attached hydrogens (tertiary/aromatic N) is 3. The maximum absolute atomic E-state index is 11.8. The van der Waals surface area contributed by atoms with Gasteiger partial charge in [0.15, 0.2) is 0 Å². The van der Waals surface area contributed by atoms with Crippen molar-refractivity contribution in [3.63, 3.8) is 0 Å². The van der Waals surface area contributed by atoms with Gasteiger partial charge in [0.1, 0.15) is 12.4 Å². The van der Waals surface area contributed by atoms with Crippen molar-refractivity contribution in [2.75, 3.05) is 6.54 Å². The van der Waals surface area contributed by atoms with E-state index in [-0.39, 0.29) is 11.6 Å². The molecule has 0 fully saturated rings. The van der Waals surface area contributed by atoms with Gasteiger partial charge in [-0.25, -0.2) is 0 Å². The van der Waals surface area contributed by atoms with Crippen LogP contribution in [0.5, 0.6) is 0 Å². The monoisotopic (exact) mass is 338 g/mol. The lowest BCUT2D eigenvalue weighted by atomic mass is 10.2. The first-order chi connectivity index (χ1) is 9.56. The Hall–Kier alpha value is -2.22. The smallest absolute Gasteiger partial charge is 0.306 e. The summed E-state index contributed by atoms with van der Waals surface area (Å²) >= 11 is 3.29. The van der Waals surface area contributed by atoms with Crippen LogP contribution in [0.3, 0.4) is 0 Å². The predicted molar refractivity (Wildman–Crippen MR) is 75.4 cm³/mol. The second kappa shape index (κ2) is 6.29. The van der Waals surface area contributed by atoms with Crippen LogP contribution in [0, 0.1) is 10.1 Å². The van der Waals surface area contributed by atoms with Gasteiger partial charge in [-0.3, -0.25) is 19.6 Å². The highest BCUT2D eigenvalue weighted by Crippen LogP contribution is 2.10. The third-order valence-corrected chi connectivity index (χ3v) is 3.09. The predicted octanol–water partition coefficient (Wildman–Crippen LogP) is 1.98. The van der Waals surface area contributed by atoms with E-state index in [2.05, 4.69) is 26.3 Å². The molecular formula is C12H11BrN4O3. The van der Waals surface area contributed by atoms with Gasteiger partial charge in [-0.15, -0.1) is 0 Å². The second-order valence-corrected chi connectivity index (χ2v) is 4.90. The Labute approximate surface area is 122 Å². The van der Waals surface area contributed by atoms with Crippen molar-refractivity contribution >= 4 is 27.5 Å². The third-order valence-electron chi connectivity index (χ3n) is 2.56. The minimum Gasteiger partial charge on any atom is -0.350 e. The van der Waals surface area contributed by atoms with E-state index in [4.69, 9.17) is 0 Å². The molecule has 0 saturated heterocycles. The number of rotatable bonds is 5. The molecule has 1 heterocycles. The Bertz CT molecular complexity index is 624. The van der Waals surface area contributed by atoms with E-state index in [1.54, 1.807) is 24.3 Å². The molecule has 104 valence electrons. The molecule has 0 aliphatic heterocycles. The Morgan fingerprint density at radius 3 is 2.70 bits per heavy atom. The van der Waals surface area contributed by atoms with Crippen LogP contribution in [-0.2, 0) is 6.54 Å².